The molecule has 1 atom stereocenters. The van der Waals surface area contributed by atoms with Crippen molar-refractivity contribution in [3.63, 3.8) is 0 Å². The summed E-state index contributed by atoms with van der Waals surface area (Å²) in [5, 5.41) is 2.80. The summed E-state index contributed by atoms with van der Waals surface area (Å²) in [5.41, 5.74) is 6.58. The molecule has 2 amide bonds. The topological polar surface area (TPSA) is 84.7 Å². The highest BCUT2D eigenvalue weighted by atomic mass is 16.5. The van der Waals surface area contributed by atoms with Gasteiger partial charge in [-0.05, 0) is 31.2 Å². The Hall–Kier alpha value is -2.08. The molecule has 1 saturated heterocycles. The van der Waals surface area contributed by atoms with Gasteiger partial charge in [0.15, 0.2) is 0 Å². The normalized spacial score (nSPS) is 16.7. The molecule has 0 radical (unpaired) electrons. The summed E-state index contributed by atoms with van der Waals surface area (Å²) in [5.74, 6) is 0.370. The summed E-state index contributed by atoms with van der Waals surface area (Å²) in [7, 11) is 0. The Balaban J connectivity index is 1.63. The lowest BCUT2D eigenvalue weighted by Gasteiger charge is -2.32. The Kier molecular flexibility index (Phi) is 6.40. The molecule has 126 valence electrons. The number of ether oxygens (including phenoxy) is 1. The highest BCUT2D eigenvalue weighted by Gasteiger charge is 2.24. The van der Waals surface area contributed by atoms with Gasteiger partial charge in [-0.25, -0.2) is 4.79 Å². The fourth-order valence-corrected chi connectivity index (χ4v) is 2.65. The Morgan fingerprint density at radius 1 is 1.30 bits per heavy atom. The van der Waals surface area contributed by atoms with Gasteiger partial charge in [0.2, 0.25) is 5.91 Å². The van der Waals surface area contributed by atoms with Crippen LogP contribution in [0.15, 0.2) is 30.3 Å². The van der Waals surface area contributed by atoms with Crippen LogP contribution in [0, 0.1) is 5.92 Å². The molecular formula is C17H25N3O3. The Morgan fingerprint density at radius 3 is 2.57 bits per heavy atom. The zero-order valence-electron chi connectivity index (χ0n) is 13.5. The average Bonchev–Trinajstić information content (AvgIpc) is 2.58. The minimum Gasteiger partial charge on any atom is -0.445 e. The number of piperidine rings is 1. The molecule has 0 aromatic heterocycles. The van der Waals surface area contributed by atoms with Crippen molar-refractivity contribution in [1.29, 1.82) is 0 Å². The highest BCUT2D eigenvalue weighted by Crippen LogP contribution is 2.17. The van der Waals surface area contributed by atoms with Crippen LogP contribution in [0.2, 0.25) is 0 Å². The Bertz CT molecular complexity index is 511. The van der Waals surface area contributed by atoms with Gasteiger partial charge in [0.25, 0.3) is 0 Å². The number of carbonyl (C=O) groups is 2. The van der Waals surface area contributed by atoms with Gasteiger partial charge < -0.3 is 20.7 Å². The van der Waals surface area contributed by atoms with E-state index >= 15 is 0 Å². The molecule has 6 heteroatoms. The van der Waals surface area contributed by atoms with E-state index in [1.807, 2.05) is 30.3 Å². The lowest BCUT2D eigenvalue weighted by molar-refractivity contribution is -0.133. The smallest absolute Gasteiger partial charge is 0.407 e. The summed E-state index contributed by atoms with van der Waals surface area (Å²) in [6.07, 6.45) is 1.34. The molecule has 1 heterocycles. The van der Waals surface area contributed by atoms with Crippen molar-refractivity contribution in [3.8, 4) is 0 Å². The standard InChI is InChI=1S/C17H25N3O3/c1-13(18)16(21)20-9-7-14(8-10-20)11-19-17(22)23-12-15-5-3-2-4-6-15/h2-6,13-14H,7-12,18H2,1H3,(H,19,22)/t13-/m0/s1. The lowest BCUT2D eigenvalue weighted by atomic mass is 9.96. The molecule has 0 aliphatic carbocycles. The third-order valence-electron chi connectivity index (χ3n) is 4.06. The van der Waals surface area contributed by atoms with Crippen LogP contribution in [0.4, 0.5) is 4.79 Å². The SMILES string of the molecule is C[C@H](N)C(=O)N1CCC(CNC(=O)OCc2ccccc2)CC1. The maximum Gasteiger partial charge on any atom is 0.407 e. The summed E-state index contributed by atoms with van der Waals surface area (Å²) in [6, 6.07) is 9.13. The van der Waals surface area contributed by atoms with E-state index in [-0.39, 0.29) is 12.5 Å². The number of alkyl carbamates (subject to hydrolysis) is 1. The molecule has 23 heavy (non-hydrogen) atoms. The second kappa shape index (κ2) is 8.53. The first-order valence-electron chi connectivity index (χ1n) is 8.05. The van der Waals surface area contributed by atoms with E-state index in [2.05, 4.69) is 5.32 Å². The summed E-state index contributed by atoms with van der Waals surface area (Å²) >= 11 is 0. The van der Waals surface area contributed by atoms with E-state index in [1.165, 1.54) is 0 Å². The second-order valence-corrected chi connectivity index (χ2v) is 6.00. The maximum absolute atomic E-state index is 11.8. The van der Waals surface area contributed by atoms with Crippen LogP contribution in [0.5, 0.6) is 0 Å². The number of hydrogen-bond donors (Lipinski definition) is 2. The van der Waals surface area contributed by atoms with Crippen molar-refractivity contribution in [1.82, 2.24) is 10.2 Å². The van der Waals surface area contributed by atoms with E-state index in [1.54, 1.807) is 11.8 Å². The number of nitrogens with one attached hydrogen (secondary N) is 1. The van der Waals surface area contributed by atoms with Crippen molar-refractivity contribution < 1.29 is 14.3 Å². The maximum atomic E-state index is 11.8. The van der Waals surface area contributed by atoms with Gasteiger partial charge >= 0.3 is 6.09 Å². The first-order valence-corrected chi connectivity index (χ1v) is 8.05. The number of nitrogens with zero attached hydrogens (tertiary/aromatic N) is 1. The quantitative estimate of drug-likeness (QED) is 0.861. The first-order chi connectivity index (χ1) is 11.1. The third-order valence-corrected chi connectivity index (χ3v) is 4.06. The summed E-state index contributed by atoms with van der Waals surface area (Å²) in [4.78, 5) is 25.3. The van der Waals surface area contributed by atoms with Crippen LogP contribution in [0.3, 0.4) is 0 Å². The van der Waals surface area contributed by atoms with E-state index in [4.69, 9.17) is 10.5 Å². The van der Waals surface area contributed by atoms with Crippen LogP contribution in [-0.4, -0.2) is 42.6 Å². The van der Waals surface area contributed by atoms with E-state index in [9.17, 15) is 9.59 Å². The van der Waals surface area contributed by atoms with E-state index in [0.717, 1.165) is 18.4 Å². The van der Waals surface area contributed by atoms with Gasteiger partial charge in [-0.1, -0.05) is 30.3 Å². The molecule has 3 N–H and O–H groups in total. The van der Waals surface area contributed by atoms with Gasteiger partial charge in [-0.15, -0.1) is 0 Å². The predicted octanol–water partition coefficient (Wildman–Crippen LogP) is 1.50. The number of hydrogen-bond acceptors (Lipinski definition) is 4. The van der Waals surface area contributed by atoms with Gasteiger partial charge in [-0.2, -0.15) is 0 Å². The van der Waals surface area contributed by atoms with Gasteiger partial charge in [-0.3, -0.25) is 4.79 Å². The minimum absolute atomic E-state index is 0.00122. The summed E-state index contributed by atoms with van der Waals surface area (Å²) in [6.45, 7) is 3.96. The largest absolute Gasteiger partial charge is 0.445 e. The van der Waals surface area contributed by atoms with Crippen LogP contribution in [-0.2, 0) is 16.1 Å². The minimum atomic E-state index is -0.447. The van der Waals surface area contributed by atoms with Crippen molar-refractivity contribution in [2.75, 3.05) is 19.6 Å². The Labute approximate surface area is 137 Å². The first kappa shape index (κ1) is 17.3. The number of likely N-dealkylation sites (tertiary alicyclic amines) is 1. The molecule has 6 nitrogen and oxygen atoms in total. The van der Waals surface area contributed by atoms with Crippen LogP contribution in [0.1, 0.15) is 25.3 Å². The number of rotatable bonds is 5. The van der Waals surface area contributed by atoms with E-state index in [0.29, 0.717) is 25.6 Å². The van der Waals surface area contributed by atoms with E-state index < -0.39 is 12.1 Å². The molecule has 1 aliphatic heterocycles. The van der Waals surface area contributed by atoms with Gasteiger partial charge in [0, 0.05) is 19.6 Å². The average molecular weight is 319 g/mol. The Morgan fingerprint density at radius 2 is 1.96 bits per heavy atom. The zero-order valence-corrected chi connectivity index (χ0v) is 13.5. The molecule has 0 spiro atoms. The molecule has 1 aliphatic rings. The predicted molar refractivity (Wildman–Crippen MR) is 87.6 cm³/mol. The molecule has 1 aromatic carbocycles. The molecular weight excluding hydrogens is 294 g/mol. The number of benzene rings is 1. The molecule has 0 saturated carbocycles. The zero-order chi connectivity index (χ0) is 16.7. The monoisotopic (exact) mass is 319 g/mol. The van der Waals surface area contributed by atoms with Gasteiger partial charge in [0.1, 0.15) is 6.61 Å². The van der Waals surface area contributed by atoms with Crippen molar-refractivity contribution >= 4 is 12.0 Å². The summed E-state index contributed by atoms with van der Waals surface area (Å²) < 4.78 is 5.18. The molecule has 1 fully saturated rings. The third kappa shape index (κ3) is 5.56. The van der Waals surface area contributed by atoms with Crippen molar-refractivity contribution in [2.45, 2.75) is 32.4 Å². The molecule has 0 bridgehead atoms. The molecule has 0 unspecified atom stereocenters. The number of amides is 2. The number of carbonyl (C=O) groups excluding carboxylic acids is 2. The highest BCUT2D eigenvalue weighted by molar-refractivity contribution is 5.81. The van der Waals surface area contributed by atoms with Crippen LogP contribution >= 0.6 is 0 Å². The van der Waals surface area contributed by atoms with Crippen molar-refractivity contribution in [2.24, 2.45) is 11.7 Å². The van der Waals surface area contributed by atoms with Gasteiger partial charge in [0.05, 0.1) is 6.04 Å². The second-order valence-electron chi connectivity index (χ2n) is 6.00. The van der Waals surface area contributed by atoms with Crippen LogP contribution in [0.25, 0.3) is 0 Å². The molecule has 2 rings (SSSR count). The van der Waals surface area contributed by atoms with Crippen molar-refractivity contribution in [3.05, 3.63) is 35.9 Å². The number of nitrogens with two attached hydrogens (primary N) is 1. The lowest BCUT2D eigenvalue weighted by Crippen LogP contribution is -2.47. The molecule has 1 aromatic rings. The van der Waals surface area contributed by atoms with Crippen LogP contribution < -0.4 is 11.1 Å². The fourth-order valence-electron chi connectivity index (χ4n) is 2.65. The fraction of sp³-hybridized carbons (Fsp3) is 0.529.